The Morgan fingerprint density at radius 3 is 2.60 bits per heavy atom. The fraction of sp³-hybridized carbons (Fsp3) is 0.727. The van der Waals surface area contributed by atoms with E-state index in [1.54, 1.807) is 0 Å². The summed E-state index contributed by atoms with van der Waals surface area (Å²) >= 11 is 0. The summed E-state index contributed by atoms with van der Waals surface area (Å²) in [5.74, 6) is 1.31. The van der Waals surface area contributed by atoms with Gasteiger partial charge in [-0.25, -0.2) is 0 Å². The average Bonchev–Trinajstić information content (AvgIpc) is 2.79. The molecule has 3 unspecified atom stereocenters. The Kier molecular flexibility index (Phi) is 3.62. The molecule has 4 aliphatic carbocycles. The lowest BCUT2D eigenvalue weighted by molar-refractivity contribution is -0.143. The molecule has 0 radical (unpaired) electrons. The summed E-state index contributed by atoms with van der Waals surface area (Å²) in [7, 11) is 0. The van der Waals surface area contributed by atoms with Crippen LogP contribution in [0.4, 0.5) is 0 Å². The number of hydrogen-bond acceptors (Lipinski definition) is 2. The lowest BCUT2D eigenvalue weighted by Gasteiger charge is -2.57. The molecule has 4 rings (SSSR count). The van der Waals surface area contributed by atoms with Gasteiger partial charge in [0, 0.05) is 6.42 Å². The Balaban J connectivity index is 1.71. The second-order valence-corrected chi connectivity index (χ2v) is 9.76. The van der Waals surface area contributed by atoms with Crippen LogP contribution in [0.15, 0.2) is 23.8 Å². The van der Waals surface area contributed by atoms with Crippen molar-refractivity contribution in [2.75, 3.05) is 0 Å². The van der Waals surface area contributed by atoms with E-state index < -0.39 is 5.97 Å². The number of carboxylic acid groups (broad SMARTS) is 1. The minimum atomic E-state index is -0.659. The van der Waals surface area contributed by atoms with E-state index in [0.717, 1.165) is 32.1 Å². The van der Waals surface area contributed by atoms with Crippen LogP contribution < -0.4 is 0 Å². The Morgan fingerprint density at radius 1 is 1.16 bits per heavy atom. The van der Waals surface area contributed by atoms with E-state index in [-0.39, 0.29) is 28.4 Å². The molecule has 0 amide bonds. The molecule has 0 heterocycles. The lowest BCUT2D eigenvalue weighted by Crippen LogP contribution is -2.51. The normalized spacial score (nSPS) is 48.4. The van der Waals surface area contributed by atoms with Crippen LogP contribution >= 0.6 is 0 Å². The van der Waals surface area contributed by atoms with Gasteiger partial charge in [-0.2, -0.15) is 0 Å². The van der Waals surface area contributed by atoms with Crippen LogP contribution in [0, 0.1) is 34.0 Å². The first kappa shape index (κ1) is 17.1. The molecule has 0 aromatic heterocycles. The summed E-state index contributed by atoms with van der Waals surface area (Å²) < 4.78 is 0. The highest BCUT2D eigenvalue weighted by atomic mass is 16.4. The molecule has 25 heavy (non-hydrogen) atoms. The molecule has 4 aliphatic rings. The Hall–Kier alpha value is -1.38. The summed E-state index contributed by atoms with van der Waals surface area (Å²) in [5.41, 5.74) is 1.38. The number of carbonyl (C=O) groups is 2. The first-order valence-electron chi connectivity index (χ1n) is 9.85. The van der Waals surface area contributed by atoms with Gasteiger partial charge in [0.25, 0.3) is 0 Å². The monoisotopic (exact) mass is 342 g/mol. The molecule has 2 saturated carbocycles. The van der Waals surface area contributed by atoms with Gasteiger partial charge in [-0.3, -0.25) is 9.59 Å². The highest BCUT2D eigenvalue weighted by Crippen LogP contribution is 2.69. The van der Waals surface area contributed by atoms with Crippen molar-refractivity contribution in [1.82, 2.24) is 0 Å². The second-order valence-electron chi connectivity index (χ2n) is 9.76. The van der Waals surface area contributed by atoms with Crippen molar-refractivity contribution in [2.24, 2.45) is 34.0 Å². The third kappa shape index (κ3) is 2.23. The van der Waals surface area contributed by atoms with Crippen molar-refractivity contribution >= 4 is 11.8 Å². The van der Waals surface area contributed by atoms with Crippen LogP contribution in [0.1, 0.15) is 65.7 Å². The van der Waals surface area contributed by atoms with Gasteiger partial charge in [-0.15, -0.1) is 0 Å². The van der Waals surface area contributed by atoms with Crippen molar-refractivity contribution in [3.8, 4) is 0 Å². The van der Waals surface area contributed by atoms with Gasteiger partial charge >= 0.3 is 5.97 Å². The molecule has 0 saturated heterocycles. The highest BCUT2D eigenvalue weighted by Gasteiger charge is 2.62. The molecule has 2 fully saturated rings. The van der Waals surface area contributed by atoms with E-state index in [0.29, 0.717) is 24.2 Å². The van der Waals surface area contributed by atoms with E-state index in [1.165, 1.54) is 5.57 Å². The van der Waals surface area contributed by atoms with Crippen molar-refractivity contribution in [3.05, 3.63) is 23.8 Å². The smallest absolute Gasteiger partial charge is 0.303 e. The average molecular weight is 342 g/mol. The molecule has 0 spiro atoms. The summed E-state index contributed by atoms with van der Waals surface area (Å²) in [6.45, 7) is 6.93. The van der Waals surface area contributed by atoms with Crippen LogP contribution in [0.5, 0.6) is 0 Å². The molecule has 1 N–H and O–H groups in total. The van der Waals surface area contributed by atoms with E-state index in [2.05, 4.69) is 32.9 Å². The number of aliphatic carboxylic acids is 1. The Bertz CT molecular complexity index is 689. The Morgan fingerprint density at radius 2 is 1.88 bits per heavy atom. The maximum absolute atomic E-state index is 11.9. The lowest BCUT2D eigenvalue weighted by atomic mass is 9.46. The van der Waals surface area contributed by atoms with E-state index >= 15 is 0 Å². The first-order valence-corrected chi connectivity index (χ1v) is 9.85. The quantitative estimate of drug-likeness (QED) is 0.786. The predicted molar refractivity (Wildman–Crippen MR) is 97.0 cm³/mol. The van der Waals surface area contributed by atoms with Crippen LogP contribution in [0.2, 0.25) is 0 Å². The van der Waals surface area contributed by atoms with Gasteiger partial charge in [-0.1, -0.05) is 32.9 Å². The molecule has 3 nitrogen and oxygen atoms in total. The zero-order valence-electron chi connectivity index (χ0n) is 15.7. The van der Waals surface area contributed by atoms with Gasteiger partial charge in [0.2, 0.25) is 0 Å². The fourth-order valence-electron chi connectivity index (χ4n) is 6.98. The molecular weight excluding hydrogens is 312 g/mol. The molecule has 0 aliphatic heterocycles. The van der Waals surface area contributed by atoms with Crippen LogP contribution in [0.25, 0.3) is 0 Å². The van der Waals surface area contributed by atoms with Crippen LogP contribution in [-0.4, -0.2) is 16.9 Å². The molecular formula is C22H30O3. The van der Waals surface area contributed by atoms with E-state index in [4.69, 9.17) is 0 Å². The zero-order valence-corrected chi connectivity index (χ0v) is 15.7. The predicted octanol–water partition coefficient (Wildman–Crippen LogP) is 4.78. The zero-order chi connectivity index (χ0) is 18.0. The topological polar surface area (TPSA) is 54.4 Å². The minimum Gasteiger partial charge on any atom is -0.481 e. The molecule has 0 aromatic carbocycles. The van der Waals surface area contributed by atoms with Crippen molar-refractivity contribution in [1.29, 1.82) is 0 Å². The molecule has 3 heteroatoms. The second kappa shape index (κ2) is 5.31. The highest BCUT2D eigenvalue weighted by molar-refractivity contribution is 5.92. The molecule has 0 aromatic rings. The fourth-order valence-corrected chi connectivity index (χ4v) is 6.98. The maximum Gasteiger partial charge on any atom is 0.303 e. The maximum atomic E-state index is 11.9. The number of carboxylic acids is 1. The molecule has 0 bridgehead atoms. The third-order valence-electron chi connectivity index (χ3n) is 8.83. The number of fused-ring (bicyclic) bond motifs is 5. The van der Waals surface area contributed by atoms with Gasteiger partial charge in [0.05, 0.1) is 6.42 Å². The number of rotatable bonds is 2. The standard InChI is InChI=1S/C22H30O3/c1-20(13-19(24)25)9-7-18-16-5-4-14-12-15(23)6-10-21(14,2)17(16)8-11-22(18,20)3/h4-5,12,16-18H,6-11,13H2,1-3H3,(H,24,25)/t16?,17?,18?,20-,21+,22+/m1/s1. The third-order valence-corrected chi connectivity index (χ3v) is 8.83. The number of carbonyl (C=O) groups excluding carboxylic acids is 1. The van der Waals surface area contributed by atoms with Gasteiger partial charge in [0.1, 0.15) is 0 Å². The molecule has 136 valence electrons. The number of allylic oxidation sites excluding steroid dienone is 4. The van der Waals surface area contributed by atoms with Gasteiger partial charge in [-0.05, 0) is 77.8 Å². The summed E-state index contributed by atoms with van der Waals surface area (Å²) in [6.07, 6.45) is 12.8. The Labute approximate surface area is 150 Å². The molecule has 6 atom stereocenters. The summed E-state index contributed by atoms with van der Waals surface area (Å²) in [4.78, 5) is 23.4. The van der Waals surface area contributed by atoms with Crippen molar-refractivity contribution in [3.63, 3.8) is 0 Å². The minimum absolute atomic E-state index is 0.0954. The largest absolute Gasteiger partial charge is 0.481 e. The van der Waals surface area contributed by atoms with Crippen molar-refractivity contribution in [2.45, 2.75) is 65.7 Å². The van der Waals surface area contributed by atoms with Gasteiger partial charge in [0.15, 0.2) is 5.78 Å². The van der Waals surface area contributed by atoms with E-state index in [9.17, 15) is 14.7 Å². The van der Waals surface area contributed by atoms with Crippen molar-refractivity contribution < 1.29 is 14.7 Å². The van der Waals surface area contributed by atoms with Crippen LogP contribution in [-0.2, 0) is 9.59 Å². The number of ketones is 1. The first-order chi connectivity index (χ1) is 11.7. The summed E-state index contributed by atoms with van der Waals surface area (Å²) in [5, 5.41) is 9.44. The summed E-state index contributed by atoms with van der Waals surface area (Å²) in [6, 6.07) is 0. The number of hydrogen-bond donors (Lipinski definition) is 1. The SMILES string of the molecule is C[C@]1(CC(=O)O)CCC2C3C=CC4=CC(=O)CC[C@]4(C)C3CC[C@@]21C. The van der Waals surface area contributed by atoms with Gasteiger partial charge < -0.3 is 5.11 Å². The van der Waals surface area contributed by atoms with Crippen LogP contribution in [0.3, 0.4) is 0 Å². The van der Waals surface area contributed by atoms with E-state index in [1.807, 2.05) is 6.08 Å².